The van der Waals surface area contributed by atoms with E-state index in [-0.39, 0.29) is 5.97 Å². The second kappa shape index (κ2) is 5.73. The number of thiophene rings is 1. The van der Waals surface area contributed by atoms with Gasteiger partial charge in [0.25, 0.3) is 0 Å². The standard InChI is InChI=1S/C13H14N2O2S/c1-3-17-13(16)12-9(2)8-14-11(15-12)7-10-5-4-6-18-10/h4-6,8H,3,7H2,1-2H3. The van der Waals surface area contributed by atoms with Crippen molar-refractivity contribution in [3.8, 4) is 0 Å². The Kier molecular flexibility index (Phi) is 4.04. The molecule has 0 unspecified atom stereocenters. The van der Waals surface area contributed by atoms with E-state index < -0.39 is 0 Å². The largest absolute Gasteiger partial charge is 0.461 e. The van der Waals surface area contributed by atoms with Crippen LogP contribution < -0.4 is 0 Å². The molecular formula is C13H14N2O2S. The van der Waals surface area contributed by atoms with Crippen molar-refractivity contribution in [2.45, 2.75) is 20.3 Å². The van der Waals surface area contributed by atoms with Crippen LogP contribution in [-0.2, 0) is 11.2 Å². The maximum Gasteiger partial charge on any atom is 0.357 e. The molecule has 0 aliphatic carbocycles. The van der Waals surface area contributed by atoms with E-state index in [9.17, 15) is 4.79 Å². The minimum absolute atomic E-state index is 0.350. The van der Waals surface area contributed by atoms with E-state index in [1.807, 2.05) is 17.5 Å². The summed E-state index contributed by atoms with van der Waals surface area (Å²) in [5, 5.41) is 2.01. The number of nitrogens with zero attached hydrogens (tertiary/aromatic N) is 2. The highest BCUT2D eigenvalue weighted by Gasteiger charge is 2.13. The fourth-order valence-electron chi connectivity index (χ4n) is 1.54. The molecular weight excluding hydrogens is 248 g/mol. The molecule has 2 aromatic rings. The first kappa shape index (κ1) is 12.7. The number of aromatic nitrogens is 2. The van der Waals surface area contributed by atoms with Gasteiger partial charge in [-0.25, -0.2) is 14.8 Å². The Morgan fingerprint density at radius 2 is 2.33 bits per heavy atom. The van der Waals surface area contributed by atoms with Crippen LogP contribution in [-0.4, -0.2) is 22.5 Å². The monoisotopic (exact) mass is 262 g/mol. The van der Waals surface area contributed by atoms with Crippen LogP contribution in [0.4, 0.5) is 0 Å². The van der Waals surface area contributed by atoms with Gasteiger partial charge in [0.2, 0.25) is 0 Å². The number of esters is 1. The molecule has 0 aliphatic heterocycles. The number of hydrogen-bond acceptors (Lipinski definition) is 5. The van der Waals surface area contributed by atoms with Crippen molar-refractivity contribution in [3.05, 3.63) is 45.7 Å². The molecule has 0 spiro atoms. The summed E-state index contributed by atoms with van der Waals surface area (Å²) in [5.41, 5.74) is 1.10. The van der Waals surface area contributed by atoms with E-state index >= 15 is 0 Å². The van der Waals surface area contributed by atoms with Crippen molar-refractivity contribution >= 4 is 17.3 Å². The summed E-state index contributed by atoms with van der Waals surface area (Å²) in [4.78, 5) is 21.4. The average molecular weight is 262 g/mol. The molecule has 0 saturated heterocycles. The molecule has 0 bridgehead atoms. The molecule has 0 fully saturated rings. The van der Waals surface area contributed by atoms with Gasteiger partial charge < -0.3 is 4.74 Å². The molecule has 4 nitrogen and oxygen atoms in total. The topological polar surface area (TPSA) is 52.1 Å². The van der Waals surface area contributed by atoms with Crippen molar-refractivity contribution in [1.82, 2.24) is 9.97 Å². The molecule has 0 aliphatic rings. The number of rotatable bonds is 4. The molecule has 2 rings (SSSR count). The third-order valence-electron chi connectivity index (χ3n) is 2.40. The molecule has 0 aromatic carbocycles. The Bertz CT molecular complexity index is 538. The van der Waals surface area contributed by atoms with E-state index in [1.54, 1.807) is 31.4 Å². The van der Waals surface area contributed by atoms with Crippen LogP contribution in [0.3, 0.4) is 0 Å². The number of carbonyl (C=O) groups is 1. The summed E-state index contributed by atoms with van der Waals surface area (Å²) in [6.45, 7) is 3.94. The van der Waals surface area contributed by atoms with E-state index in [0.29, 0.717) is 24.5 Å². The Balaban J connectivity index is 2.23. The second-order valence-corrected chi connectivity index (χ2v) is 4.83. The fourth-order valence-corrected chi connectivity index (χ4v) is 2.24. The van der Waals surface area contributed by atoms with Crippen molar-refractivity contribution in [2.24, 2.45) is 0 Å². The fraction of sp³-hybridized carbons (Fsp3) is 0.308. The Labute approximate surface area is 110 Å². The molecule has 0 radical (unpaired) electrons. The molecule has 2 aromatic heterocycles. The zero-order valence-electron chi connectivity index (χ0n) is 10.3. The SMILES string of the molecule is CCOC(=O)c1nc(Cc2cccs2)ncc1C. The molecule has 2 heterocycles. The second-order valence-electron chi connectivity index (χ2n) is 3.79. The van der Waals surface area contributed by atoms with Crippen LogP contribution >= 0.6 is 11.3 Å². The third-order valence-corrected chi connectivity index (χ3v) is 3.28. The maximum absolute atomic E-state index is 11.7. The van der Waals surface area contributed by atoms with Gasteiger partial charge in [-0.3, -0.25) is 0 Å². The number of ether oxygens (including phenoxy) is 1. The van der Waals surface area contributed by atoms with Gasteiger partial charge in [-0.2, -0.15) is 0 Å². The van der Waals surface area contributed by atoms with Gasteiger partial charge >= 0.3 is 5.97 Å². The van der Waals surface area contributed by atoms with Gasteiger partial charge in [0.1, 0.15) is 5.82 Å². The van der Waals surface area contributed by atoms with Crippen molar-refractivity contribution in [2.75, 3.05) is 6.61 Å². The summed E-state index contributed by atoms with van der Waals surface area (Å²) >= 11 is 1.65. The van der Waals surface area contributed by atoms with Gasteiger partial charge in [-0.1, -0.05) is 6.07 Å². The lowest BCUT2D eigenvalue weighted by Crippen LogP contribution is -2.12. The number of carbonyl (C=O) groups excluding carboxylic acids is 1. The predicted molar refractivity (Wildman–Crippen MR) is 69.9 cm³/mol. The number of aryl methyl sites for hydroxylation is 1. The van der Waals surface area contributed by atoms with Gasteiger partial charge in [-0.05, 0) is 25.3 Å². The van der Waals surface area contributed by atoms with Gasteiger partial charge in [0.05, 0.1) is 6.61 Å². The van der Waals surface area contributed by atoms with Crippen LogP contribution in [0.5, 0.6) is 0 Å². The van der Waals surface area contributed by atoms with Crippen LogP contribution in [0.15, 0.2) is 23.7 Å². The summed E-state index contributed by atoms with van der Waals surface area (Å²) in [6.07, 6.45) is 2.31. The first-order valence-electron chi connectivity index (χ1n) is 5.72. The third kappa shape index (κ3) is 2.92. The summed E-state index contributed by atoms with van der Waals surface area (Å²) in [7, 11) is 0. The summed E-state index contributed by atoms with van der Waals surface area (Å²) < 4.78 is 4.97. The van der Waals surface area contributed by atoms with Crippen LogP contribution in [0.25, 0.3) is 0 Å². The highest BCUT2D eigenvalue weighted by Crippen LogP contribution is 2.13. The smallest absolute Gasteiger partial charge is 0.357 e. The Morgan fingerprint density at radius 1 is 1.50 bits per heavy atom. The number of hydrogen-bond donors (Lipinski definition) is 0. The normalized spacial score (nSPS) is 10.3. The van der Waals surface area contributed by atoms with Crippen molar-refractivity contribution in [3.63, 3.8) is 0 Å². The van der Waals surface area contributed by atoms with Crippen molar-refractivity contribution < 1.29 is 9.53 Å². The van der Waals surface area contributed by atoms with E-state index in [4.69, 9.17) is 4.74 Å². The highest BCUT2D eigenvalue weighted by atomic mass is 32.1. The summed E-state index contributed by atoms with van der Waals surface area (Å²) in [6, 6.07) is 4.01. The zero-order chi connectivity index (χ0) is 13.0. The molecule has 0 atom stereocenters. The van der Waals surface area contributed by atoms with Crippen LogP contribution in [0.1, 0.15) is 33.7 Å². The molecule has 0 N–H and O–H groups in total. The molecule has 18 heavy (non-hydrogen) atoms. The molecule has 0 saturated carbocycles. The zero-order valence-corrected chi connectivity index (χ0v) is 11.2. The minimum atomic E-state index is -0.384. The van der Waals surface area contributed by atoms with Crippen LogP contribution in [0.2, 0.25) is 0 Å². The van der Waals surface area contributed by atoms with Crippen molar-refractivity contribution in [1.29, 1.82) is 0 Å². The molecule has 94 valence electrons. The average Bonchev–Trinajstić information content (AvgIpc) is 2.84. The maximum atomic E-state index is 11.7. The first-order chi connectivity index (χ1) is 8.70. The Hall–Kier alpha value is -1.75. The molecule has 0 amide bonds. The minimum Gasteiger partial charge on any atom is -0.461 e. The Morgan fingerprint density at radius 3 is 3.00 bits per heavy atom. The van der Waals surface area contributed by atoms with Gasteiger partial charge in [-0.15, -0.1) is 11.3 Å². The first-order valence-corrected chi connectivity index (χ1v) is 6.60. The van der Waals surface area contributed by atoms with E-state index in [1.165, 1.54) is 4.88 Å². The molecule has 5 heteroatoms. The predicted octanol–water partition coefficient (Wildman–Crippen LogP) is 2.61. The van der Waals surface area contributed by atoms with E-state index in [2.05, 4.69) is 9.97 Å². The summed E-state index contributed by atoms with van der Waals surface area (Å²) in [5.74, 6) is 0.260. The van der Waals surface area contributed by atoms with E-state index in [0.717, 1.165) is 5.56 Å². The quantitative estimate of drug-likeness (QED) is 0.795. The van der Waals surface area contributed by atoms with Gasteiger partial charge in [0, 0.05) is 23.1 Å². The van der Waals surface area contributed by atoms with Crippen LogP contribution in [0, 0.1) is 6.92 Å². The lowest BCUT2D eigenvalue weighted by atomic mass is 10.2. The highest BCUT2D eigenvalue weighted by molar-refractivity contribution is 7.09. The lowest BCUT2D eigenvalue weighted by molar-refractivity contribution is 0.0518. The lowest BCUT2D eigenvalue weighted by Gasteiger charge is -2.05. The van der Waals surface area contributed by atoms with Gasteiger partial charge in [0.15, 0.2) is 5.69 Å².